The van der Waals surface area contributed by atoms with Crippen LogP contribution in [0, 0.1) is 24.7 Å². The molecule has 0 bridgehead atoms. The smallest absolute Gasteiger partial charge is 0.0192 e. The van der Waals surface area contributed by atoms with Crippen LogP contribution in [-0.4, -0.2) is 0 Å². The second-order valence-electron chi connectivity index (χ2n) is 18.3. The normalized spacial score (nSPS) is 12.7. The lowest BCUT2D eigenvalue weighted by Gasteiger charge is -2.30. The molecule has 1 heteroatoms. The fourth-order valence-corrected chi connectivity index (χ4v) is 8.23. The maximum absolute atomic E-state index is 2.71. The van der Waals surface area contributed by atoms with Crippen molar-refractivity contribution in [3.63, 3.8) is 0 Å². The number of hydrogen-bond donors (Lipinski definition) is 0. The zero-order valence-electron chi connectivity index (χ0n) is 33.8. The van der Waals surface area contributed by atoms with Crippen molar-refractivity contribution in [1.29, 1.82) is 0 Å². The molecule has 0 nitrogen and oxygen atoms in total. The minimum Gasteiger partial charge on any atom is -0.0892 e. The van der Waals surface area contributed by atoms with Gasteiger partial charge in [0.1, 0.15) is 0 Å². The average Bonchev–Trinajstić information content (AvgIpc) is 2.95. The molecular weight excluding hydrogens is 585 g/mol. The first-order valence-electron chi connectivity index (χ1n) is 20.0. The maximum Gasteiger partial charge on any atom is 0.0192 e. The Labute approximate surface area is 299 Å². The molecule has 0 N–H and O–H groups in total. The lowest BCUT2D eigenvalue weighted by Crippen LogP contribution is -2.18. The van der Waals surface area contributed by atoms with Crippen molar-refractivity contribution in [2.24, 2.45) is 17.8 Å². The lowest BCUT2D eigenvalue weighted by molar-refractivity contribution is 0.516. The van der Waals surface area contributed by atoms with Gasteiger partial charge in [0.15, 0.2) is 0 Å². The third-order valence-electron chi connectivity index (χ3n) is 10.0. The summed E-state index contributed by atoms with van der Waals surface area (Å²) in [7, 11) is 0. The molecule has 2 aromatic carbocycles. The van der Waals surface area contributed by atoms with E-state index >= 15 is 0 Å². The van der Waals surface area contributed by atoms with E-state index in [0.29, 0.717) is 0 Å². The van der Waals surface area contributed by atoms with Crippen LogP contribution in [0.5, 0.6) is 0 Å². The summed E-state index contributed by atoms with van der Waals surface area (Å²) < 4.78 is 0. The summed E-state index contributed by atoms with van der Waals surface area (Å²) in [5, 5.41) is 0. The first kappa shape index (κ1) is 42.0. The minimum atomic E-state index is 0.132. The summed E-state index contributed by atoms with van der Waals surface area (Å²) in [5.41, 5.74) is 9.80. The molecule has 47 heavy (non-hydrogen) atoms. The van der Waals surface area contributed by atoms with Gasteiger partial charge in [-0.2, -0.15) is 0 Å². The number of hydrogen-bond acceptors (Lipinski definition) is 1. The van der Waals surface area contributed by atoms with E-state index in [1.807, 2.05) is 0 Å². The van der Waals surface area contributed by atoms with Crippen molar-refractivity contribution in [3.05, 3.63) is 57.6 Å². The Hall–Kier alpha value is -1.21. The Balaban J connectivity index is 2.65. The standard InChI is InChI=1S/C46H78S/c1-34(2)24-18-14-15-22-28-40-38(27-21-16-19-25-35(3)4)32-42(46(11,12)13)41(29-23-17-20-26-36(5)6)44(40)47-43-33-39(45(8,9)10)31-30-37(43)7/h30-36H,14-29H2,1-13H3. The van der Waals surface area contributed by atoms with Gasteiger partial charge in [-0.05, 0) is 113 Å². The van der Waals surface area contributed by atoms with Crippen LogP contribution in [0.4, 0.5) is 0 Å². The van der Waals surface area contributed by atoms with Crippen LogP contribution >= 0.6 is 11.8 Å². The van der Waals surface area contributed by atoms with Crippen molar-refractivity contribution in [1.82, 2.24) is 0 Å². The molecule has 0 aliphatic carbocycles. The second kappa shape index (κ2) is 20.5. The van der Waals surface area contributed by atoms with E-state index in [9.17, 15) is 0 Å². The van der Waals surface area contributed by atoms with E-state index in [4.69, 9.17) is 0 Å². The number of rotatable bonds is 21. The fourth-order valence-electron chi connectivity index (χ4n) is 6.91. The molecule has 0 fully saturated rings. The topological polar surface area (TPSA) is 0 Å². The van der Waals surface area contributed by atoms with Gasteiger partial charge >= 0.3 is 0 Å². The molecule has 0 saturated carbocycles. The van der Waals surface area contributed by atoms with Crippen molar-refractivity contribution in [2.75, 3.05) is 0 Å². The summed E-state index contributed by atoms with van der Waals surface area (Å²) in [4.78, 5) is 3.10. The van der Waals surface area contributed by atoms with Crippen LogP contribution in [0.3, 0.4) is 0 Å². The highest BCUT2D eigenvalue weighted by Gasteiger charge is 2.26. The molecule has 0 atom stereocenters. The van der Waals surface area contributed by atoms with Crippen molar-refractivity contribution in [3.8, 4) is 0 Å². The second-order valence-corrected chi connectivity index (χ2v) is 19.3. The maximum atomic E-state index is 2.71. The molecule has 2 rings (SSSR count). The van der Waals surface area contributed by atoms with Gasteiger partial charge in [-0.1, -0.05) is 177 Å². The van der Waals surface area contributed by atoms with Gasteiger partial charge in [-0.3, -0.25) is 0 Å². The summed E-state index contributed by atoms with van der Waals surface area (Å²) in [6.45, 7) is 31.0. The van der Waals surface area contributed by atoms with Crippen LogP contribution in [0.2, 0.25) is 0 Å². The predicted molar refractivity (Wildman–Crippen MR) is 215 cm³/mol. The number of benzene rings is 2. The molecule has 0 spiro atoms. The van der Waals surface area contributed by atoms with E-state index in [-0.39, 0.29) is 10.8 Å². The molecule has 268 valence electrons. The number of unbranched alkanes of at least 4 members (excludes halogenated alkanes) is 7. The molecule has 0 unspecified atom stereocenters. The number of aryl methyl sites for hydroxylation is 2. The van der Waals surface area contributed by atoms with Gasteiger partial charge in [0.2, 0.25) is 0 Å². The van der Waals surface area contributed by atoms with Crippen LogP contribution < -0.4 is 0 Å². The van der Waals surface area contributed by atoms with E-state index in [2.05, 4.69) is 126 Å². The van der Waals surface area contributed by atoms with Crippen LogP contribution in [0.1, 0.15) is 200 Å². The predicted octanol–water partition coefficient (Wildman–Crippen LogP) is 15.4. The fraction of sp³-hybridized carbons (Fsp3) is 0.739. The van der Waals surface area contributed by atoms with E-state index in [0.717, 1.165) is 17.8 Å². The molecule has 0 saturated heterocycles. The SMILES string of the molecule is Cc1ccc(C(C)(C)C)cc1Sc1c(CCCCCCC(C)C)c(CCCCCC(C)C)cc(C(C)(C)C)c1CCCCCC(C)C. The van der Waals surface area contributed by atoms with Gasteiger partial charge < -0.3 is 0 Å². The Morgan fingerprint density at radius 1 is 0.532 bits per heavy atom. The molecule has 0 aliphatic rings. The largest absolute Gasteiger partial charge is 0.0892 e. The van der Waals surface area contributed by atoms with Crippen LogP contribution in [0.15, 0.2) is 34.1 Å². The van der Waals surface area contributed by atoms with E-state index in [1.165, 1.54) is 119 Å². The van der Waals surface area contributed by atoms with Crippen molar-refractivity contribution >= 4 is 11.8 Å². The Bertz CT molecular complexity index is 1170. The summed E-state index contributed by atoms with van der Waals surface area (Å²) in [5.74, 6) is 2.43. The first-order valence-corrected chi connectivity index (χ1v) is 20.8. The first-order chi connectivity index (χ1) is 22.0. The Kier molecular flexibility index (Phi) is 18.3. The van der Waals surface area contributed by atoms with Gasteiger partial charge in [-0.15, -0.1) is 0 Å². The van der Waals surface area contributed by atoms with Gasteiger partial charge in [0.05, 0.1) is 0 Å². The van der Waals surface area contributed by atoms with Crippen LogP contribution in [0.25, 0.3) is 0 Å². The summed E-state index contributed by atoms with van der Waals surface area (Å²) >= 11 is 2.13. The molecular formula is C46H78S. The molecule has 0 heterocycles. The molecule has 0 amide bonds. The van der Waals surface area contributed by atoms with Gasteiger partial charge in [0.25, 0.3) is 0 Å². The lowest BCUT2D eigenvalue weighted by atomic mass is 9.79. The van der Waals surface area contributed by atoms with E-state index < -0.39 is 0 Å². The van der Waals surface area contributed by atoms with Gasteiger partial charge in [-0.25, -0.2) is 0 Å². The zero-order valence-corrected chi connectivity index (χ0v) is 34.6. The highest BCUT2D eigenvalue weighted by molar-refractivity contribution is 7.99. The third kappa shape index (κ3) is 15.5. The quantitative estimate of drug-likeness (QED) is 0.120. The van der Waals surface area contributed by atoms with Gasteiger partial charge in [0, 0.05) is 9.79 Å². The summed E-state index contributed by atoms with van der Waals surface area (Å²) in [6, 6.07) is 9.98. The molecule has 0 aliphatic heterocycles. The molecule has 2 aromatic rings. The van der Waals surface area contributed by atoms with Crippen molar-refractivity contribution < 1.29 is 0 Å². The molecule has 0 aromatic heterocycles. The summed E-state index contributed by atoms with van der Waals surface area (Å²) in [6.07, 6.45) is 21.2. The van der Waals surface area contributed by atoms with E-state index in [1.54, 1.807) is 27.1 Å². The molecule has 0 radical (unpaired) electrons. The zero-order chi connectivity index (χ0) is 35.2. The van der Waals surface area contributed by atoms with Crippen LogP contribution in [-0.2, 0) is 30.1 Å². The Morgan fingerprint density at radius 2 is 1.00 bits per heavy atom. The monoisotopic (exact) mass is 663 g/mol. The minimum absolute atomic E-state index is 0.132. The average molecular weight is 663 g/mol. The third-order valence-corrected chi connectivity index (χ3v) is 11.4. The highest BCUT2D eigenvalue weighted by atomic mass is 32.2. The van der Waals surface area contributed by atoms with Crippen molar-refractivity contribution in [2.45, 2.75) is 213 Å². The highest BCUT2D eigenvalue weighted by Crippen LogP contribution is 2.44. The Morgan fingerprint density at radius 3 is 1.49 bits per heavy atom.